The van der Waals surface area contributed by atoms with E-state index in [4.69, 9.17) is 0 Å². The Hall–Kier alpha value is -3.05. The number of halogens is 1. The van der Waals surface area contributed by atoms with Gasteiger partial charge >= 0.3 is 0 Å². The van der Waals surface area contributed by atoms with Gasteiger partial charge in [0.1, 0.15) is 16.8 Å². The van der Waals surface area contributed by atoms with Gasteiger partial charge in [-0.25, -0.2) is 14.5 Å². The van der Waals surface area contributed by atoms with Gasteiger partial charge in [0, 0.05) is 0 Å². The molecule has 3 heterocycles. The van der Waals surface area contributed by atoms with Gasteiger partial charge < -0.3 is 0 Å². The van der Waals surface area contributed by atoms with Crippen LogP contribution >= 0.6 is 23.1 Å². The van der Waals surface area contributed by atoms with Crippen molar-refractivity contribution in [3.8, 4) is 5.69 Å². The van der Waals surface area contributed by atoms with Gasteiger partial charge in [0.25, 0.3) is 5.56 Å². The van der Waals surface area contributed by atoms with Crippen molar-refractivity contribution in [1.82, 2.24) is 24.7 Å². The Kier molecular flexibility index (Phi) is 4.69. The quantitative estimate of drug-likeness (QED) is 0.392. The van der Waals surface area contributed by atoms with Crippen LogP contribution in [0, 0.1) is 5.82 Å². The number of carbonyl (C=O) groups excluding carboxylic acids is 1. The first-order chi connectivity index (χ1) is 13.1. The first kappa shape index (κ1) is 17.4. The summed E-state index contributed by atoms with van der Waals surface area (Å²) in [4.78, 5) is 33.3. The number of hydrogen-bond donors (Lipinski definition) is 2. The molecular formula is C16H11FN6O2S2. The van der Waals surface area contributed by atoms with Gasteiger partial charge in [-0.05, 0) is 35.7 Å². The van der Waals surface area contributed by atoms with Crippen LogP contribution in [0.25, 0.3) is 15.9 Å². The van der Waals surface area contributed by atoms with Crippen LogP contribution in [0.1, 0.15) is 0 Å². The lowest BCUT2D eigenvalue weighted by atomic mass is 10.3. The van der Waals surface area contributed by atoms with Gasteiger partial charge in [0.2, 0.25) is 11.9 Å². The van der Waals surface area contributed by atoms with Crippen LogP contribution in [0.3, 0.4) is 0 Å². The molecule has 0 aliphatic rings. The third-order valence-corrected chi connectivity index (χ3v) is 5.37. The monoisotopic (exact) mass is 402 g/mol. The molecule has 3 aromatic heterocycles. The number of thioether (sulfide) groups is 1. The maximum atomic E-state index is 13.3. The number of aromatic nitrogens is 5. The van der Waals surface area contributed by atoms with Crippen molar-refractivity contribution in [2.75, 3.05) is 11.1 Å². The fraction of sp³-hybridized carbons (Fsp3) is 0.0625. The SMILES string of the molecule is O=C(CSc1nc2ccsc2c(=O)n1-c1ccc(F)cc1)Nc1ncn[nH]1. The highest BCUT2D eigenvalue weighted by Crippen LogP contribution is 2.23. The maximum absolute atomic E-state index is 13.3. The number of fused-ring (bicyclic) bond motifs is 1. The van der Waals surface area contributed by atoms with Gasteiger partial charge in [-0.2, -0.15) is 10.1 Å². The Bertz CT molecular complexity index is 1150. The summed E-state index contributed by atoms with van der Waals surface area (Å²) in [5, 5.41) is 10.8. The van der Waals surface area contributed by atoms with Crippen molar-refractivity contribution < 1.29 is 9.18 Å². The summed E-state index contributed by atoms with van der Waals surface area (Å²) in [5.41, 5.74) is 0.767. The van der Waals surface area contributed by atoms with E-state index in [1.807, 2.05) is 0 Å². The van der Waals surface area contributed by atoms with Gasteiger partial charge in [-0.1, -0.05) is 11.8 Å². The van der Waals surface area contributed by atoms with E-state index in [2.05, 4.69) is 25.5 Å². The molecular weight excluding hydrogens is 391 g/mol. The Morgan fingerprint density at radius 1 is 1.30 bits per heavy atom. The van der Waals surface area contributed by atoms with Crippen LogP contribution in [0.15, 0.2) is 52.0 Å². The van der Waals surface area contributed by atoms with Crippen LogP contribution in [0.5, 0.6) is 0 Å². The summed E-state index contributed by atoms with van der Waals surface area (Å²) >= 11 is 2.38. The van der Waals surface area contributed by atoms with Gasteiger partial charge in [0.05, 0.1) is 17.0 Å². The number of hydrogen-bond acceptors (Lipinski definition) is 7. The smallest absolute Gasteiger partial charge is 0.276 e. The van der Waals surface area contributed by atoms with Crippen molar-refractivity contribution in [1.29, 1.82) is 0 Å². The number of amides is 1. The Balaban J connectivity index is 1.68. The first-order valence-corrected chi connectivity index (χ1v) is 9.52. The molecule has 0 saturated carbocycles. The highest BCUT2D eigenvalue weighted by Gasteiger charge is 2.16. The third-order valence-electron chi connectivity index (χ3n) is 3.54. The largest absolute Gasteiger partial charge is 0.294 e. The zero-order valence-electron chi connectivity index (χ0n) is 13.5. The van der Waals surface area contributed by atoms with Crippen molar-refractivity contribution >= 4 is 45.2 Å². The number of aromatic amines is 1. The van der Waals surface area contributed by atoms with E-state index in [0.29, 0.717) is 21.1 Å². The van der Waals surface area contributed by atoms with Crippen LogP contribution < -0.4 is 10.9 Å². The van der Waals surface area contributed by atoms with Gasteiger partial charge in [-0.15, -0.1) is 11.3 Å². The minimum atomic E-state index is -0.405. The van der Waals surface area contributed by atoms with E-state index in [1.165, 1.54) is 46.5 Å². The van der Waals surface area contributed by atoms with Gasteiger partial charge in [0.15, 0.2) is 5.16 Å². The summed E-state index contributed by atoms with van der Waals surface area (Å²) < 4.78 is 15.1. The Morgan fingerprint density at radius 3 is 2.85 bits per heavy atom. The van der Waals surface area contributed by atoms with E-state index in [-0.39, 0.29) is 23.2 Å². The number of nitrogens with zero attached hydrogens (tertiary/aromatic N) is 4. The second-order valence-electron chi connectivity index (χ2n) is 5.32. The van der Waals surface area contributed by atoms with Crippen LogP contribution in [-0.4, -0.2) is 36.4 Å². The molecule has 0 radical (unpaired) electrons. The molecule has 1 aromatic carbocycles. The topological polar surface area (TPSA) is 106 Å². The molecule has 0 fully saturated rings. The van der Waals surface area contributed by atoms with Gasteiger partial charge in [-0.3, -0.25) is 19.5 Å². The number of thiophene rings is 1. The van der Waals surface area contributed by atoms with E-state index >= 15 is 0 Å². The average Bonchev–Trinajstić information content (AvgIpc) is 3.33. The molecule has 4 rings (SSSR count). The number of rotatable bonds is 5. The molecule has 0 atom stereocenters. The number of benzene rings is 1. The molecule has 11 heteroatoms. The molecule has 2 N–H and O–H groups in total. The standard InChI is InChI=1S/C16H11FN6O2S2/c17-9-1-3-10(4-2-9)23-14(25)13-11(5-6-26-13)20-16(23)27-7-12(24)21-15-18-8-19-22-15/h1-6,8H,7H2,(H2,18,19,21,22,24). The predicted octanol–water partition coefficient (Wildman–Crippen LogP) is 2.44. The zero-order chi connectivity index (χ0) is 18.8. The zero-order valence-corrected chi connectivity index (χ0v) is 15.2. The summed E-state index contributed by atoms with van der Waals surface area (Å²) in [6.45, 7) is 0. The molecule has 0 aliphatic carbocycles. The predicted molar refractivity (Wildman–Crippen MR) is 101 cm³/mol. The molecule has 0 bridgehead atoms. The second kappa shape index (κ2) is 7.29. The molecule has 4 aromatic rings. The highest BCUT2D eigenvalue weighted by molar-refractivity contribution is 7.99. The Morgan fingerprint density at radius 2 is 2.11 bits per heavy atom. The summed E-state index contributed by atoms with van der Waals surface area (Å²) in [7, 11) is 0. The molecule has 0 aliphatic heterocycles. The van der Waals surface area contributed by atoms with E-state index in [0.717, 1.165) is 11.8 Å². The number of nitrogens with one attached hydrogen (secondary N) is 2. The number of H-pyrrole nitrogens is 1. The van der Waals surface area contributed by atoms with Crippen LogP contribution in [0.2, 0.25) is 0 Å². The lowest BCUT2D eigenvalue weighted by Crippen LogP contribution is -2.22. The lowest BCUT2D eigenvalue weighted by Gasteiger charge is -2.11. The van der Waals surface area contributed by atoms with E-state index in [9.17, 15) is 14.0 Å². The fourth-order valence-corrected chi connectivity index (χ4v) is 3.94. The first-order valence-electron chi connectivity index (χ1n) is 7.66. The third kappa shape index (κ3) is 3.59. The minimum absolute atomic E-state index is 0.00395. The van der Waals surface area contributed by atoms with Crippen molar-refractivity contribution in [2.24, 2.45) is 0 Å². The molecule has 0 saturated heterocycles. The highest BCUT2D eigenvalue weighted by atomic mass is 32.2. The maximum Gasteiger partial charge on any atom is 0.276 e. The van der Waals surface area contributed by atoms with E-state index in [1.54, 1.807) is 11.4 Å². The van der Waals surface area contributed by atoms with Crippen molar-refractivity contribution in [3.63, 3.8) is 0 Å². The Labute approximate surface area is 159 Å². The molecule has 8 nitrogen and oxygen atoms in total. The molecule has 0 spiro atoms. The van der Waals surface area contributed by atoms with Crippen molar-refractivity contribution in [3.05, 3.63) is 58.2 Å². The van der Waals surface area contributed by atoms with Crippen LogP contribution in [0.4, 0.5) is 10.3 Å². The average molecular weight is 402 g/mol. The molecule has 0 unspecified atom stereocenters. The van der Waals surface area contributed by atoms with Crippen molar-refractivity contribution in [2.45, 2.75) is 5.16 Å². The summed E-state index contributed by atoms with van der Waals surface area (Å²) in [6.07, 6.45) is 1.28. The number of anilines is 1. The van der Waals surface area contributed by atoms with Crippen LogP contribution in [-0.2, 0) is 4.79 Å². The molecule has 27 heavy (non-hydrogen) atoms. The normalized spacial score (nSPS) is 11.0. The minimum Gasteiger partial charge on any atom is -0.294 e. The summed E-state index contributed by atoms with van der Waals surface area (Å²) in [6, 6.07) is 7.28. The van der Waals surface area contributed by atoms with E-state index < -0.39 is 5.82 Å². The lowest BCUT2D eigenvalue weighted by molar-refractivity contribution is -0.113. The number of carbonyl (C=O) groups is 1. The second-order valence-corrected chi connectivity index (χ2v) is 7.18. The molecule has 1 amide bonds. The molecule has 136 valence electrons. The summed E-state index contributed by atoms with van der Waals surface area (Å²) in [5.74, 6) is -0.498. The fourth-order valence-electron chi connectivity index (χ4n) is 2.37.